The Morgan fingerprint density at radius 2 is 2.00 bits per heavy atom. The minimum Gasteiger partial charge on any atom is -0.466 e. The second kappa shape index (κ2) is 4.52. The van der Waals surface area contributed by atoms with E-state index in [0.717, 1.165) is 11.3 Å². The van der Waals surface area contributed by atoms with Gasteiger partial charge in [-0.25, -0.2) is 4.98 Å². The van der Waals surface area contributed by atoms with Crippen LogP contribution in [0.4, 0.5) is 11.5 Å². The molecule has 5 heteroatoms. The zero-order valence-electron chi connectivity index (χ0n) is 10.6. The van der Waals surface area contributed by atoms with Gasteiger partial charge in [0, 0.05) is 5.56 Å². The Balaban J connectivity index is 2.24. The number of rotatable bonds is 2. The molecule has 0 aliphatic carbocycles. The predicted molar refractivity (Wildman–Crippen MR) is 69.5 cm³/mol. The first-order valence-electron chi connectivity index (χ1n) is 5.58. The number of nitrogens with one attached hydrogen (secondary N) is 1. The lowest BCUT2D eigenvalue weighted by Crippen LogP contribution is -2.14. The van der Waals surface area contributed by atoms with Crippen LogP contribution in [0.25, 0.3) is 0 Å². The van der Waals surface area contributed by atoms with Crippen molar-refractivity contribution in [2.24, 2.45) is 0 Å². The topological polar surface area (TPSA) is 81.2 Å². The van der Waals surface area contributed by atoms with E-state index in [-0.39, 0.29) is 5.91 Å². The average molecular weight is 245 g/mol. The first-order chi connectivity index (χ1) is 8.49. The molecule has 2 heterocycles. The highest BCUT2D eigenvalue weighted by atomic mass is 16.3. The summed E-state index contributed by atoms with van der Waals surface area (Å²) in [5, 5.41) is 2.71. The molecule has 0 saturated heterocycles. The van der Waals surface area contributed by atoms with Crippen LogP contribution >= 0.6 is 0 Å². The Hall–Kier alpha value is -2.30. The van der Waals surface area contributed by atoms with Crippen LogP contribution in [0.5, 0.6) is 0 Å². The predicted octanol–water partition coefficient (Wildman–Crippen LogP) is 2.43. The van der Waals surface area contributed by atoms with E-state index in [2.05, 4.69) is 10.3 Å². The molecule has 0 aliphatic rings. The maximum atomic E-state index is 12.1. The van der Waals surface area contributed by atoms with Crippen LogP contribution in [0.2, 0.25) is 0 Å². The molecular weight excluding hydrogens is 230 g/mol. The van der Waals surface area contributed by atoms with Crippen LogP contribution in [0.3, 0.4) is 0 Å². The third-order valence-electron chi connectivity index (χ3n) is 2.82. The molecule has 0 aromatic carbocycles. The Bertz CT molecular complexity index is 585. The highest BCUT2D eigenvalue weighted by Gasteiger charge is 2.18. The molecule has 3 N–H and O–H groups in total. The molecule has 2 rings (SSSR count). The van der Waals surface area contributed by atoms with Crippen LogP contribution in [-0.2, 0) is 0 Å². The Kier molecular flexibility index (Phi) is 3.06. The van der Waals surface area contributed by atoms with Crippen molar-refractivity contribution >= 4 is 17.4 Å². The van der Waals surface area contributed by atoms with Gasteiger partial charge < -0.3 is 15.5 Å². The van der Waals surface area contributed by atoms with Crippen molar-refractivity contribution in [1.82, 2.24) is 4.98 Å². The minimum atomic E-state index is -0.223. The van der Waals surface area contributed by atoms with E-state index in [1.165, 1.54) is 6.20 Å². The molecule has 1 amide bonds. The molecule has 0 fully saturated rings. The van der Waals surface area contributed by atoms with E-state index in [4.69, 9.17) is 10.2 Å². The van der Waals surface area contributed by atoms with Gasteiger partial charge in [0.2, 0.25) is 0 Å². The molecule has 0 saturated carbocycles. The molecule has 0 spiro atoms. The average Bonchev–Trinajstić information content (AvgIpc) is 2.56. The van der Waals surface area contributed by atoms with Gasteiger partial charge in [0.25, 0.3) is 5.91 Å². The highest BCUT2D eigenvalue weighted by molar-refractivity contribution is 6.05. The number of aromatic nitrogens is 1. The third kappa shape index (κ3) is 2.20. The number of carbonyl (C=O) groups is 1. The van der Waals surface area contributed by atoms with Crippen molar-refractivity contribution in [3.05, 3.63) is 41.0 Å². The molecule has 0 radical (unpaired) electrons. The number of hydrogen-bond donors (Lipinski definition) is 2. The standard InChI is InChI=1S/C13H15N3O2/c1-7-8(2)18-9(3)12(7)13(17)16-11-5-4-10(14)6-15-11/h4-6H,14H2,1-3H3,(H,15,16,17). The first-order valence-corrected chi connectivity index (χ1v) is 5.58. The van der Waals surface area contributed by atoms with Gasteiger partial charge in [-0.1, -0.05) is 0 Å². The number of hydrogen-bond acceptors (Lipinski definition) is 4. The maximum absolute atomic E-state index is 12.1. The van der Waals surface area contributed by atoms with Crippen molar-refractivity contribution in [2.45, 2.75) is 20.8 Å². The Morgan fingerprint density at radius 3 is 2.50 bits per heavy atom. The summed E-state index contributed by atoms with van der Waals surface area (Å²) in [6.07, 6.45) is 1.50. The van der Waals surface area contributed by atoms with Gasteiger partial charge in [0.1, 0.15) is 17.3 Å². The second-order valence-electron chi connectivity index (χ2n) is 4.15. The van der Waals surface area contributed by atoms with Crippen molar-refractivity contribution in [2.75, 3.05) is 11.1 Å². The smallest absolute Gasteiger partial charge is 0.260 e. The summed E-state index contributed by atoms with van der Waals surface area (Å²) in [5.41, 5.74) is 7.49. The Morgan fingerprint density at radius 1 is 1.28 bits per heavy atom. The number of anilines is 2. The van der Waals surface area contributed by atoms with Crippen LogP contribution < -0.4 is 11.1 Å². The van der Waals surface area contributed by atoms with Crippen LogP contribution in [0.15, 0.2) is 22.7 Å². The SMILES string of the molecule is Cc1oc(C)c(C(=O)Nc2ccc(N)cn2)c1C. The number of aryl methyl sites for hydroxylation is 2. The van der Waals surface area contributed by atoms with Gasteiger partial charge in [-0.2, -0.15) is 0 Å². The minimum absolute atomic E-state index is 0.223. The molecule has 5 nitrogen and oxygen atoms in total. The largest absolute Gasteiger partial charge is 0.466 e. The summed E-state index contributed by atoms with van der Waals surface area (Å²) >= 11 is 0. The lowest BCUT2D eigenvalue weighted by atomic mass is 10.1. The van der Waals surface area contributed by atoms with Gasteiger partial charge in [-0.3, -0.25) is 4.79 Å². The van der Waals surface area contributed by atoms with Crippen molar-refractivity contribution < 1.29 is 9.21 Å². The summed E-state index contributed by atoms with van der Waals surface area (Å²) in [6, 6.07) is 3.34. The van der Waals surface area contributed by atoms with Crippen LogP contribution in [-0.4, -0.2) is 10.9 Å². The number of nitrogens with two attached hydrogens (primary N) is 1. The van der Waals surface area contributed by atoms with Crippen molar-refractivity contribution in [3.63, 3.8) is 0 Å². The second-order valence-corrected chi connectivity index (χ2v) is 4.15. The molecule has 2 aromatic heterocycles. The lowest BCUT2D eigenvalue weighted by Gasteiger charge is -2.04. The van der Waals surface area contributed by atoms with E-state index in [1.807, 2.05) is 13.8 Å². The Labute approximate surface area is 105 Å². The third-order valence-corrected chi connectivity index (χ3v) is 2.82. The first kappa shape index (κ1) is 12.2. The molecule has 18 heavy (non-hydrogen) atoms. The van der Waals surface area contributed by atoms with E-state index in [1.54, 1.807) is 19.1 Å². The van der Waals surface area contributed by atoms with Crippen molar-refractivity contribution in [1.29, 1.82) is 0 Å². The fraction of sp³-hybridized carbons (Fsp3) is 0.231. The summed E-state index contributed by atoms with van der Waals surface area (Å²) in [4.78, 5) is 16.1. The highest BCUT2D eigenvalue weighted by Crippen LogP contribution is 2.21. The zero-order chi connectivity index (χ0) is 13.3. The summed E-state index contributed by atoms with van der Waals surface area (Å²) in [6.45, 7) is 5.46. The molecule has 2 aromatic rings. The normalized spacial score (nSPS) is 10.4. The van der Waals surface area contributed by atoms with Gasteiger partial charge >= 0.3 is 0 Å². The number of carbonyl (C=O) groups excluding carboxylic acids is 1. The molecule has 0 aliphatic heterocycles. The number of furan rings is 1. The fourth-order valence-electron chi connectivity index (χ4n) is 1.79. The molecule has 0 unspecified atom stereocenters. The van der Waals surface area contributed by atoms with E-state index in [9.17, 15) is 4.79 Å². The van der Waals surface area contributed by atoms with E-state index < -0.39 is 0 Å². The quantitative estimate of drug-likeness (QED) is 0.851. The number of nitrogens with zero attached hydrogens (tertiary/aromatic N) is 1. The van der Waals surface area contributed by atoms with Gasteiger partial charge in [-0.05, 0) is 32.9 Å². The van der Waals surface area contributed by atoms with Gasteiger partial charge in [-0.15, -0.1) is 0 Å². The molecule has 0 atom stereocenters. The fourth-order valence-corrected chi connectivity index (χ4v) is 1.79. The number of amides is 1. The van der Waals surface area contributed by atoms with E-state index in [0.29, 0.717) is 22.8 Å². The molecule has 94 valence electrons. The summed E-state index contributed by atoms with van der Waals surface area (Å²) in [7, 11) is 0. The van der Waals surface area contributed by atoms with E-state index >= 15 is 0 Å². The van der Waals surface area contributed by atoms with Gasteiger partial charge in [0.15, 0.2) is 0 Å². The maximum Gasteiger partial charge on any atom is 0.260 e. The summed E-state index contributed by atoms with van der Waals surface area (Å²) < 4.78 is 5.42. The van der Waals surface area contributed by atoms with Crippen LogP contribution in [0, 0.1) is 20.8 Å². The molecule has 0 bridgehead atoms. The van der Waals surface area contributed by atoms with Crippen LogP contribution in [0.1, 0.15) is 27.4 Å². The zero-order valence-corrected chi connectivity index (χ0v) is 10.6. The lowest BCUT2D eigenvalue weighted by molar-refractivity contribution is 0.102. The monoisotopic (exact) mass is 245 g/mol. The van der Waals surface area contributed by atoms with Gasteiger partial charge in [0.05, 0.1) is 17.4 Å². The molecular formula is C13H15N3O2. The number of nitrogen functional groups attached to an aromatic ring is 1. The van der Waals surface area contributed by atoms with Crippen molar-refractivity contribution in [3.8, 4) is 0 Å². The summed E-state index contributed by atoms with van der Waals surface area (Å²) in [5.74, 6) is 1.60. The number of pyridine rings is 1.